The Balaban J connectivity index is 1.97. The number of aromatic nitrogens is 3. The number of nitrogens with one attached hydrogen (secondary N) is 1. The molecule has 1 aromatic rings. The van der Waals surface area contributed by atoms with E-state index >= 15 is 0 Å². The molecule has 1 aliphatic carbocycles. The number of aromatic amines is 1. The second kappa shape index (κ2) is 3.33. The fraction of sp³-hybridized carbons (Fsp3) is 0.750. The van der Waals surface area contributed by atoms with Crippen LogP contribution in [-0.2, 0) is 6.42 Å². The molecule has 0 radical (unpaired) electrons. The number of hydrogen-bond donors (Lipinski definition) is 3. The number of nitrogen functional groups attached to an aromatic ring is 1. The molecule has 0 saturated heterocycles. The molecule has 0 unspecified atom stereocenters. The number of nitrogens with zero attached hydrogens (tertiary/aromatic N) is 2. The van der Waals surface area contributed by atoms with Crippen molar-refractivity contribution in [3.63, 3.8) is 0 Å². The summed E-state index contributed by atoms with van der Waals surface area (Å²) in [6, 6.07) is 0.325. The predicted octanol–water partition coefficient (Wildman–Crippen LogP) is 0.0568. The van der Waals surface area contributed by atoms with Crippen LogP contribution in [0.25, 0.3) is 0 Å². The van der Waals surface area contributed by atoms with Gasteiger partial charge in [0.05, 0.1) is 0 Å². The number of anilines is 1. The topological polar surface area (TPSA) is 93.6 Å². The molecule has 13 heavy (non-hydrogen) atoms. The summed E-state index contributed by atoms with van der Waals surface area (Å²) >= 11 is 0. The van der Waals surface area contributed by atoms with E-state index in [-0.39, 0.29) is 0 Å². The van der Waals surface area contributed by atoms with Crippen molar-refractivity contribution >= 4 is 5.95 Å². The van der Waals surface area contributed by atoms with Crippen LogP contribution >= 0.6 is 0 Å². The van der Waals surface area contributed by atoms with Crippen molar-refractivity contribution in [2.24, 2.45) is 11.7 Å². The van der Waals surface area contributed by atoms with Crippen molar-refractivity contribution in [1.29, 1.82) is 0 Å². The molecule has 0 bridgehead atoms. The molecule has 1 aromatic heterocycles. The van der Waals surface area contributed by atoms with Gasteiger partial charge in [-0.2, -0.15) is 4.98 Å². The van der Waals surface area contributed by atoms with E-state index in [1.807, 2.05) is 0 Å². The predicted molar refractivity (Wildman–Crippen MR) is 49.8 cm³/mol. The fourth-order valence-corrected chi connectivity index (χ4v) is 1.97. The van der Waals surface area contributed by atoms with Gasteiger partial charge in [0.1, 0.15) is 5.82 Å². The molecule has 0 aliphatic heterocycles. The summed E-state index contributed by atoms with van der Waals surface area (Å²) in [7, 11) is 0. The van der Waals surface area contributed by atoms with Crippen molar-refractivity contribution in [3.05, 3.63) is 5.82 Å². The summed E-state index contributed by atoms with van der Waals surface area (Å²) in [5.41, 5.74) is 11.3. The van der Waals surface area contributed by atoms with E-state index in [1.165, 1.54) is 12.8 Å². The van der Waals surface area contributed by atoms with E-state index in [1.54, 1.807) is 0 Å². The summed E-state index contributed by atoms with van der Waals surface area (Å²) in [5, 5.41) is 6.60. The summed E-state index contributed by atoms with van der Waals surface area (Å²) in [6.45, 7) is 0. The molecule has 2 atom stereocenters. The zero-order chi connectivity index (χ0) is 9.26. The minimum atomic E-state index is 0.321. The van der Waals surface area contributed by atoms with Gasteiger partial charge in [0.25, 0.3) is 0 Å². The zero-order valence-electron chi connectivity index (χ0n) is 7.53. The molecule has 5 heteroatoms. The second-order valence-electron chi connectivity index (χ2n) is 3.70. The van der Waals surface area contributed by atoms with Crippen molar-refractivity contribution < 1.29 is 0 Å². The average molecular weight is 181 g/mol. The van der Waals surface area contributed by atoms with Crippen LogP contribution in [0.2, 0.25) is 0 Å². The first-order valence-electron chi connectivity index (χ1n) is 4.68. The van der Waals surface area contributed by atoms with Crippen LogP contribution in [0.3, 0.4) is 0 Å². The summed E-state index contributed by atoms with van der Waals surface area (Å²) in [5.74, 6) is 1.73. The maximum absolute atomic E-state index is 5.94. The Hall–Kier alpha value is -1.10. The van der Waals surface area contributed by atoms with Crippen LogP contribution in [0.4, 0.5) is 5.95 Å². The Morgan fingerprint density at radius 1 is 1.46 bits per heavy atom. The molecular formula is C8H15N5. The Bertz CT molecular complexity index is 282. The maximum atomic E-state index is 5.94. The van der Waals surface area contributed by atoms with Crippen molar-refractivity contribution in [2.45, 2.75) is 31.7 Å². The summed E-state index contributed by atoms with van der Waals surface area (Å²) in [4.78, 5) is 4.06. The molecule has 1 saturated carbocycles. The van der Waals surface area contributed by atoms with E-state index in [2.05, 4.69) is 15.2 Å². The molecule has 1 fully saturated rings. The van der Waals surface area contributed by atoms with Crippen LogP contribution < -0.4 is 11.5 Å². The van der Waals surface area contributed by atoms with E-state index in [9.17, 15) is 0 Å². The molecule has 72 valence electrons. The lowest BCUT2D eigenvalue weighted by atomic mass is 10.0. The van der Waals surface area contributed by atoms with Crippen molar-refractivity contribution in [2.75, 3.05) is 5.73 Å². The SMILES string of the molecule is Nc1n[nH]c(C[C@@H]2CCC[C@H]2N)n1. The van der Waals surface area contributed by atoms with Gasteiger partial charge < -0.3 is 11.5 Å². The van der Waals surface area contributed by atoms with Gasteiger partial charge in [-0.25, -0.2) is 0 Å². The molecule has 1 heterocycles. The number of nitrogens with two attached hydrogens (primary N) is 2. The van der Waals surface area contributed by atoms with Gasteiger partial charge in [0.2, 0.25) is 5.95 Å². The first-order chi connectivity index (χ1) is 6.25. The fourth-order valence-electron chi connectivity index (χ4n) is 1.97. The van der Waals surface area contributed by atoms with Gasteiger partial charge >= 0.3 is 0 Å². The highest BCUT2D eigenvalue weighted by Gasteiger charge is 2.24. The lowest BCUT2D eigenvalue weighted by molar-refractivity contribution is 0.468. The monoisotopic (exact) mass is 181 g/mol. The van der Waals surface area contributed by atoms with Crippen LogP contribution in [0.1, 0.15) is 25.1 Å². The van der Waals surface area contributed by atoms with Crippen LogP contribution in [0.15, 0.2) is 0 Å². The van der Waals surface area contributed by atoms with Crippen molar-refractivity contribution in [3.8, 4) is 0 Å². The third-order valence-corrected chi connectivity index (χ3v) is 2.72. The molecule has 1 aliphatic rings. The Kier molecular flexibility index (Phi) is 2.18. The number of H-pyrrole nitrogens is 1. The zero-order valence-corrected chi connectivity index (χ0v) is 7.53. The molecule has 0 amide bonds. The highest BCUT2D eigenvalue weighted by Crippen LogP contribution is 2.26. The average Bonchev–Trinajstić information content (AvgIpc) is 2.64. The molecular weight excluding hydrogens is 166 g/mol. The van der Waals surface area contributed by atoms with E-state index in [0.29, 0.717) is 17.9 Å². The molecule has 5 nitrogen and oxygen atoms in total. The summed E-state index contributed by atoms with van der Waals surface area (Å²) in [6.07, 6.45) is 4.44. The quantitative estimate of drug-likeness (QED) is 0.601. The Morgan fingerprint density at radius 3 is 2.85 bits per heavy atom. The highest BCUT2D eigenvalue weighted by atomic mass is 15.3. The molecule has 5 N–H and O–H groups in total. The largest absolute Gasteiger partial charge is 0.367 e. The lowest BCUT2D eigenvalue weighted by Gasteiger charge is -2.12. The van der Waals surface area contributed by atoms with Gasteiger partial charge in [0.15, 0.2) is 0 Å². The van der Waals surface area contributed by atoms with Gasteiger partial charge in [-0.3, -0.25) is 5.10 Å². The lowest BCUT2D eigenvalue weighted by Crippen LogP contribution is -2.26. The normalized spacial score (nSPS) is 28.1. The number of rotatable bonds is 2. The Labute approximate surface area is 76.9 Å². The van der Waals surface area contributed by atoms with Gasteiger partial charge in [0, 0.05) is 12.5 Å². The van der Waals surface area contributed by atoms with Crippen molar-refractivity contribution in [1.82, 2.24) is 15.2 Å². The van der Waals surface area contributed by atoms with Gasteiger partial charge in [-0.05, 0) is 18.8 Å². The Morgan fingerprint density at radius 2 is 2.31 bits per heavy atom. The summed E-state index contributed by atoms with van der Waals surface area (Å²) < 4.78 is 0. The smallest absolute Gasteiger partial charge is 0.239 e. The van der Waals surface area contributed by atoms with Crippen LogP contribution in [-0.4, -0.2) is 21.2 Å². The third-order valence-electron chi connectivity index (χ3n) is 2.72. The molecule has 0 aromatic carbocycles. The van der Waals surface area contributed by atoms with Crippen LogP contribution in [0, 0.1) is 5.92 Å². The van der Waals surface area contributed by atoms with E-state index in [0.717, 1.165) is 18.7 Å². The van der Waals surface area contributed by atoms with E-state index in [4.69, 9.17) is 11.5 Å². The minimum absolute atomic E-state index is 0.321. The third kappa shape index (κ3) is 1.80. The number of hydrogen-bond acceptors (Lipinski definition) is 4. The first-order valence-corrected chi connectivity index (χ1v) is 4.68. The van der Waals surface area contributed by atoms with Gasteiger partial charge in [-0.15, -0.1) is 5.10 Å². The maximum Gasteiger partial charge on any atom is 0.239 e. The van der Waals surface area contributed by atoms with Crippen LogP contribution in [0.5, 0.6) is 0 Å². The molecule has 0 spiro atoms. The highest BCUT2D eigenvalue weighted by molar-refractivity contribution is 5.13. The minimum Gasteiger partial charge on any atom is -0.367 e. The molecule has 2 rings (SSSR count). The van der Waals surface area contributed by atoms with Gasteiger partial charge in [-0.1, -0.05) is 6.42 Å². The first kappa shape index (κ1) is 8.50. The second-order valence-corrected chi connectivity index (χ2v) is 3.70. The van der Waals surface area contributed by atoms with E-state index < -0.39 is 0 Å². The standard InChI is InChI=1S/C8H15N5/c9-6-3-1-2-5(6)4-7-11-8(10)13-12-7/h5-6H,1-4,9H2,(H3,10,11,12,13)/t5-,6+/m0/s1.